The number of hydrogen-bond donors (Lipinski definition) is 0. The monoisotopic (exact) mass is 350 g/mol. The average Bonchev–Trinajstić information content (AvgIpc) is 2.81. The van der Waals surface area contributed by atoms with Crippen molar-refractivity contribution in [3.05, 3.63) is 52.0 Å². The highest BCUT2D eigenvalue weighted by molar-refractivity contribution is 6.34. The first-order valence-corrected chi connectivity index (χ1v) is 7.71. The molecule has 120 valence electrons. The van der Waals surface area contributed by atoms with E-state index in [0.29, 0.717) is 0 Å². The molecule has 0 spiro atoms. The number of benzene rings is 1. The molecular weight excluding hydrogens is 335 g/mol. The number of rotatable bonds is 4. The number of carbonyl (C=O) groups excluding carboxylic acids is 1. The molecule has 0 unspecified atom stereocenters. The molecular formula is C17H16Cl2N2O2. The van der Waals surface area contributed by atoms with Crippen molar-refractivity contribution < 1.29 is 9.53 Å². The van der Waals surface area contributed by atoms with Gasteiger partial charge in [-0.2, -0.15) is 0 Å². The summed E-state index contributed by atoms with van der Waals surface area (Å²) in [5.74, 6) is 1.73. The highest BCUT2D eigenvalue weighted by Gasteiger charge is 2.30. The Balaban J connectivity index is 2.46. The zero-order valence-electron chi connectivity index (χ0n) is 13.0. The molecule has 6 heteroatoms. The topological polar surface area (TPSA) is 44.1 Å². The van der Waals surface area contributed by atoms with Gasteiger partial charge in [0.15, 0.2) is 16.4 Å². The van der Waals surface area contributed by atoms with Crippen molar-refractivity contribution in [1.82, 2.24) is 9.55 Å². The molecule has 0 saturated carbocycles. The molecule has 1 atom stereocenters. The van der Waals surface area contributed by atoms with E-state index in [-0.39, 0.29) is 22.2 Å². The Morgan fingerprint density at radius 1 is 1.35 bits per heavy atom. The Morgan fingerprint density at radius 3 is 2.52 bits per heavy atom. The minimum absolute atomic E-state index is 0.0180. The number of imidazole rings is 1. The van der Waals surface area contributed by atoms with Crippen LogP contribution < -0.4 is 0 Å². The average molecular weight is 351 g/mol. The van der Waals surface area contributed by atoms with Gasteiger partial charge in [-0.1, -0.05) is 47.9 Å². The molecule has 0 saturated heterocycles. The first-order chi connectivity index (χ1) is 10.8. The predicted molar refractivity (Wildman–Crippen MR) is 90.8 cm³/mol. The molecule has 0 amide bonds. The van der Waals surface area contributed by atoms with Crippen molar-refractivity contribution in [2.24, 2.45) is 0 Å². The maximum absolute atomic E-state index is 12.5. The summed E-state index contributed by atoms with van der Waals surface area (Å²) in [6, 6.07) is 9.31. The summed E-state index contributed by atoms with van der Waals surface area (Å²) in [6.45, 7) is 5.12. The first-order valence-electron chi connectivity index (χ1n) is 6.96. The quantitative estimate of drug-likeness (QED) is 0.607. The lowest BCUT2D eigenvalue weighted by molar-refractivity contribution is 0.0191. The predicted octanol–water partition coefficient (Wildman–Crippen LogP) is 4.37. The molecule has 1 aromatic carbocycles. The SMILES string of the molecule is C#CC(C)(C)OC(=O)c1c(Cl)nc(Cl)n1[C@H](C)c1ccccc1. The molecule has 2 rings (SSSR count). The summed E-state index contributed by atoms with van der Waals surface area (Å²) in [6.07, 6.45) is 5.36. The van der Waals surface area contributed by atoms with Crippen molar-refractivity contribution in [2.45, 2.75) is 32.4 Å². The summed E-state index contributed by atoms with van der Waals surface area (Å²) < 4.78 is 6.85. The molecule has 4 nitrogen and oxygen atoms in total. The minimum Gasteiger partial charge on any atom is -0.442 e. The largest absolute Gasteiger partial charge is 0.442 e. The van der Waals surface area contributed by atoms with Gasteiger partial charge in [0.1, 0.15) is 0 Å². The van der Waals surface area contributed by atoms with Crippen LogP contribution in [0.2, 0.25) is 10.4 Å². The summed E-state index contributed by atoms with van der Waals surface area (Å²) in [5.41, 5.74) is -0.0251. The fraction of sp³-hybridized carbons (Fsp3) is 0.294. The van der Waals surface area contributed by atoms with E-state index < -0.39 is 11.6 Å². The van der Waals surface area contributed by atoms with E-state index in [4.69, 9.17) is 34.4 Å². The Kier molecular flexibility index (Phi) is 5.03. The van der Waals surface area contributed by atoms with Gasteiger partial charge < -0.3 is 9.30 Å². The fourth-order valence-corrected chi connectivity index (χ4v) is 2.71. The molecule has 1 heterocycles. The molecule has 23 heavy (non-hydrogen) atoms. The summed E-state index contributed by atoms with van der Waals surface area (Å²) in [5, 5.41) is 0.0902. The third-order valence-electron chi connectivity index (χ3n) is 3.38. The van der Waals surface area contributed by atoms with Gasteiger partial charge in [-0.05, 0) is 37.9 Å². The van der Waals surface area contributed by atoms with Gasteiger partial charge >= 0.3 is 5.97 Å². The number of ether oxygens (including phenoxy) is 1. The molecule has 0 bridgehead atoms. The smallest absolute Gasteiger partial charge is 0.359 e. The van der Waals surface area contributed by atoms with E-state index in [0.717, 1.165) is 5.56 Å². The van der Waals surface area contributed by atoms with Crippen molar-refractivity contribution >= 4 is 29.2 Å². The summed E-state index contributed by atoms with van der Waals surface area (Å²) >= 11 is 12.2. The van der Waals surface area contributed by atoms with E-state index in [1.54, 1.807) is 13.8 Å². The molecule has 0 aliphatic heterocycles. The second-order valence-corrected chi connectivity index (χ2v) is 6.22. The van der Waals surface area contributed by atoms with Crippen LogP contribution in [-0.4, -0.2) is 21.1 Å². The lowest BCUT2D eigenvalue weighted by Crippen LogP contribution is -2.28. The van der Waals surface area contributed by atoms with Crippen LogP contribution in [0.15, 0.2) is 30.3 Å². The van der Waals surface area contributed by atoms with Gasteiger partial charge in [-0.15, -0.1) is 6.42 Å². The van der Waals surface area contributed by atoms with E-state index in [2.05, 4.69) is 10.9 Å². The number of nitrogens with zero attached hydrogens (tertiary/aromatic N) is 2. The molecule has 0 fully saturated rings. The van der Waals surface area contributed by atoms with Crippen LogP contribution in [0.4, 0.5) is 0 Å². The minimum atomic E-state index is -1.06. The molecule has 2 aromatic rings. The van der Waals surface area contributed by atoms with Crippen LogP contribution in [0.3, 0.4) is 0 Å². The zero-order chi connectivity index (χ0) is 17.2. The van der Waals surface area contributed by atoms with Crippen molar-refractivity contribution in [2.75, 3.05) is 0 Å². The Bertz CT molecular complexity index is 761. The lowest BCUT2D eigenvalue weighted by Gasteiger charge is -2.21. The Morgan fingerprint density at radius 2 is 1.96 bits per heavy atom. The van der Waals surface area contributed by atoms with Crippen LogP contribution in [0.1, 0.15) is 42.9 Å². The maximum atomic E-state index is 12.5. The van der Waals surface area contributed by atoms with Crippen molar-refractivity contribution in [3.8, 4) is 12.3 Å². The van der Waals surface area contributed by atoms with Gasteiger partial charge in [0.05, 0.1) is 6.04 Å². The van der Waals surface area contributed by atoms with Crippen LogP contribution in [0, 0.1) is 12.3 Å². The van der Waals surface area contributed by atoms with Gasteiger partial charge in [0, 0.05) is 0 Å². The summed E-state index contributed by atoms with van der Waals surface area (Å²) in [4.78, 5) is 16.5. The van der Waals surface area contributed by atoms with Crippen molar-refractivity contribution in [3.63, 3.8) is 0 Å². The molecule has 1 aromatic heterocycles. The molecule has 0 aliphatic carbocycles. The third kappa shape index (κ3) is 3.69. The molecule has 0 aliphatic rings. The fourth-order valence-electron chi connectivity index (χ4n) is 2.11. The highest BCUT2D eigenvalue weighted by atomic mass is 35.5. The lowest BCUT2D eigenvalue weighted by atomic mass is 10.1. The number of hydrogen-bond acceptors (Lipinski definition) is 3. The zero-order valence-corrected chi connectivity index (χ0v) is 14.5. The number of terminal acetylenes is 1. The van der Waals surface area contributed by atoms with Gasteiger partial charge in [0.2, 0.25) is 5.28 Å². The third-order valence-corrected chi connectivity index (χ3v) is 3.91. The number of aromatic nitrogens is 2. The highest BCUT2D eigenvalue weighted by Crippen LogP contribution is 2.30. The standard InChI is InChI=1S/C17H16Cl2N2O2/c1-5-17(3,4)23-15(22)13-14(18)20-16(19)21(13)11(2)12-9-7-6-8-10-12/h1,6-11H,2-4H3/t11-/m1/s1. The van der Waals surface area contributed by atoms with Crippen LogP contribution in [-0.2, 0) is 4.74 Å². The number of halogens is 2. The molecule has 0 radical (unpaired) electrons. The van der Waals surface area contributed by atoms with E-state index in [1.165, 1.54) is 4.57 Å². The van der Waals surface area contributed by atoms with Gasteiger partial charge in [-0.3, -0.25) is 0 Å². The molecule has 0 N–H and O–H groups in total. The van der Waals surface area contributed by atoms with E-state index >= 15 is 0 Å². The van der Waals surface area contributed by atoms with Crippen molar-refractivity contribution in [1.29, 1.82) is 0 Å². The van der Waals surface area contributed by atoms with E-state index in [9.17, 15) is 4.79 Å². The Hall–Kier alpha value is -1.96. The van der Waals surface area contributed by atoms with Gasteiger partial charge in [0.25, 0.3) is 0 Å². The van der Waals surface area contributed by atoms with Crippen LogP contribution in [0.5, 0.6) is 0 Å². The normalized spacial score (nSPS) is 12.5. The first kappa shape index (κ1) is 17.4. The summed E-state index contributed by atoms with van der Waals surface area (Å²) in [7, 11) is 0. The number of esters is 1. The second kappa shape index (κ2) is 6.66. The Labute approximate surface area is 145 Å². The maximum Gasteiger partial charge on any atom is 0.359 e. The second-order valence-electron chi connectivity index (χ2n) is 5.52. The van der Waals surface area contributed by atoms with Crippen LogP contribution >= 0.6 is 23.2 Å². The number of carbonyl (C=O) groups is 1. The van der Waals surface area contributed by atoms with E-state index in [1.807, 2.05) is 37.3 Å². The van der Waals surface area contributed by atoms with Gasteiger partial charge in [-0.25, -0.2) is 9.78 Å². The van der Waals surface area contributed by atoms with Crippen LogP contribution in [0.25, 0.3) is 0 Å².